The van der Waals surface area contributed by atoms with Crippen molar-refractivity contribution in [1.29, 1.82) is 0 Å². The van der Waals surface area contributed by atoms with Crippen LogP contribution in [0, 0.1) is 0 Å². The van der Waals surface area contributed by atoms with Gasteiger partial charge < -0.3 is 9.64 Å². The lowest BCUT2D eigenvalue weighted by Gasteiger charge is -2.34. The van der Waals surface area contributed by atoms with Gasteiger partial charge in [0.1, 0.15) is 5.75 Å². The molecule has 0 spiro atoms. The number of piperazine rings is 1. The molecule has 5 heteroatoms. The molecule has 1 aromatic carbocycles. The van der Waals surface area contributed by atoms with Gasteiger partial charge in [0.15, 0.2) is 6.61 Å². The van der Waals surface area contributed by atoms with E-state index in [1.54, 1.807) is 0 Å². The van der Waals surface area contributed by atoms with Gasteiger partial charge >= 0.3 is 0 Å². The highest BCUT2D eigenvalue weighted by Gasteiger charge is 2.20. The minimum absolute atomic E-state index is 0.0407. The molecule has 0 aliphatic carbocycles. The molecular formula is C15H19BrN2O2. The van der Waals surface area contributed by atoms with Crippen LogP contribution >= 0.6 is 15.9 Å². The summed E-state index contributed by atoms with van der Waals surface area (Å²) in [5, 5.41) is 0. The number of hydrogen-bond acceptors (Lipinski definition) is 3. The molecule has 1 aliphatic rings. The zero-order valence-electron chi connectivity index (χ0n) is 11.4. The quantitative estimate of drug-likeness (QED) is 0.771. The molecule has 2 rings (SSSR count). The summed E-state index contributed by atoms with van der Waals surface area (Å²) in [5.41, 5.74) is 0. The maximum Gasteiger partial charge on any atom is 0.260 e. The Bertz CT molecular complexity index is 471. The van der Waals surface area contributed by atoms with Gasteiger partial charge in [0, 0.05) is 32.7 Å². The van der Waals surface area contributed by atoms with Crippen LogP contribution in [0.3, 0.4) is 0 Å². The second kappa shape index (κ2) is 7.45. The van der Waals surface area contributed by atoms with Gasteiger partial charge in [-0.25, -0.2) is 0 Å². The van der Waals surface area contributed by atoms with Crippen LogP contribution in [0.5, 0.6) is 5.75 Å². The lowest BCUT2D eigenvalue weighted by molar-refractivity contribution is -0.135. The Morgan fingerprint density at radius 2 is 2.00 bits per heavy atom. The SMILES string of the molecule is C=CCN1CCN(C(=O)COc2ccccc2Br)CC1. The molecule has 0 aromatic heterocycles. The van der Waals surface area contributed by atoms with E-state index in [-0.39, 0.29) is 12.5 Å². The summed E-state index contributed by atoms with van der Waals surface area (Å²) in [5.74, 6) is 0.741. The van der Waals surface area contributed by atoms with Crippen LogP contribution in [0.15, 0.2) is 41.4 Å². The number of nitrogens with zero attached hydrogens (tertiary/aromatic N) is 2. The number of rotatable bonds is 5. The van der Waals surface area contributed by atoms with Gasteiger partial charge in [0.25, 0.3) is 5.91 Å². The standard InChI is InChI=1S/C15H19BrN2O2/c1-2-7-17-8-10-18(11-9-17)15(19)12-20-14-6-4-3-5-13(14)16/h2-6H,1,7-12H2. The number of halogens is 1. The number of ether oxygens (including phenoxy) is 1. The van der Waals surface area contributed by atoms with Gasteiger partial charge in [0.2, 0.25) is 0 Å². The molecule has 108 valence electrons. The van der Waals surface area contributed by atoms with Crippen LogP contribution in [-0.4, -0.2) is 55.0 Å². The van der Waals surface area contributed by atoms with Crippen LogP contribution in [-0.2, 0) is 4.79 Å². The van der Waals surface area contributed by atoms with Gasteiger partial charge in [-0.3, -0.25) is 9.69 Å². The Labute approximate surface area is 128 Å². The molecule has 1 aromatic rings. The molecule has 1 saturated heterocycles. The van der Waals surface area contributed by atoms with Crippen LogP contribution in [0.25, 0.3) is 0 Å². The third-order valence-electron chi connectivity index (χ3n) is 3.30. The Hall–Kier alpha value is -1.33. The topological polar surface area (TPSA) is 32.8 Å². The third kappa shape index (κ3) is 4.08. The first-order valence-electron chi connectivity index (χ1n) is 6.69. The van der Waals surface area contributed by atoms with Gasteiger partial charge in [0.05, 0.1) is 4.47 Å². The van der Waals surface area contributed by atoms with Crippen molar-refractivity contribution in [2.75, 3.05) is 39.3 Å². The van der Waals surface area contributed by atoms with E-state index in [1.807, 2.05) is 35.2 Å². The second-order valence-electron chi connectivity index (χ2n) is 4.69. The number of carbonyl (C=O) groups excluding carboxylic acids is 1. The van der Waals surface area contributed by atoms with Crippen molar-refractivity contribution in [1.82, 2.24) is 9.80 Å². The number of para-hydroxylation sites is 1. The summed E-state index contributed by atoms with van der Waals surface area (Å²) in [4.78, 5) is 16.2. The molecule has 20 heavy (non-hydrogen) atoms. The lowest BCUT2D eigenvalue weighted by atomic mass is 10.3. The van der Waals surface area contributed by atoms with E-state index in [0.29, 0.717) is 5.75 Å². The summed E-state index contributed by atoms with van der Waals surface area (Å²) in [6.45, 7) is 8.01. The average molecular weight is 339 g/mol. The van der Waals surface area contributed by atoms with E-state index in [9.17, 15) is 4.79 Å². The minimum Gasteiger partial charge on any atom is -0.483 e. The van der Waals surface area contributed by atoms with Crippen LogP contribution < -0.4 is 4.74 Å². The zero-order valence-corrected chi connectivity index (χ0v) is 13.0. The van der Waals surface area contributed by atoms with Crippen molar-refractivity contribution in [3.63, 3.8) is 0 Å². The molecule has 1 fully saturated rings. The van der Waals surface area contributed by atoms with Crippen LogP contribution in [0.1, 0.15) is 0 Å². The first-order valence-corrected chi connectivity index (χ1v) is 7.48. The molecule has 0 N–H and O–H groups in total. The lowest BCUT2D eigenvalue weighted by Crippen LogP contribution is -2.49. The van der Waals surface area contributed by atoms with Crippen molar-refractivity contribution in [2.45, 2.75) is 0 Å². The number of amides is 1. The Kier molecular flexibility index (Phi) is 5.61. The average Bonchev–Trinajstić information content (AvgIpc) is 2.47. The number of carbonyl (C=O) groups is 1. The van der Waals surface area contributed by atoms with Crippen LogP contribution in [0.2, 0.25) is 0 Å². The first-order chi connectivity index (χ1) is 9.70. The highest BCUT2D eigenvalue weighted by atomic mass is 79.9. The Morgan fingerprint density at radius 3 is 2.65 bits per heavy atom. The van der Waals surface area contributed by atoms with E-state index in [2.05, 4.69) is 27.4 Å². The fourth-order valence-corrected chi connectivity index (χ4v) is 2.55. The summed E-state index contributed by atoms with van der Waals surface area (Å²) < 4.78 is 6.42. The van der Waals surface area contributed by atoms with Gasteiger partial charge in [-0.05, 0) is 28.1 Å². The molecule has 1 amide bonds. The molecule has 1 aliphatic heterocycles. The van der Waals surface area contributed by atoms with Gasteiger partial charge in [-0.15, -0.1) is 6.58 Å². The van der Waals surface area contributed by atoms with Gasteiger partial charge in [-0.1, -0.05) is 18.2 Å². The molecular weight excluding hydrogens is 320 g/mol. The molecule has 0 radical (unpaired) electrons. The monoisotopic (exact) mass is 338 g/mol. The highest BCUT2D eigenvalue weighted by Crippen LogP contribution is 2.23. The predicted molar refractivity (Wildman–Crippen MR) is 82.9 cm³/mol. The van der Waals surface area contributed by atoms with E-state index in [1.165, 1.54) is 0 Å². The summed E-state index contributed by atoms with van der Waals surface area (Å²) in [7, 11) is 0. The normalized spacial score (nSPS) is 15.9. The molecule has 0 bridgehead atoms. The molecule has 0 saturated carbocycles. The molecule has 0 unspecified atom stereocenters. The third-order valence-corrected chi connectivity index (χ3v) is 3.96. The summed E-state index contributed by atoms with van der Waals surface area (Å²) >= 11 is 3.40. The second-order valence-corrected chi connectivity index (χ2v) is 5.54. The summed E-state index contributed by atoms with van der Waals surface area (Å²) in [6, 6.07) is 7.55. The largest absolute Gasteiger partial charge is 0.483 e. The van der Waals surface area contributed by atoms with Crippen LogP contribution in [0.4, 0.5) is 0 Å². The van der Waals surface area contributed by atoms with Crippen molar-refractivity contribution in [2.24, 2.45) is 0 Å². The number of hydrogen-bond donors (Lipinski definition) is 0. The van der Waals surface area contributed by atoms with Crippen molar-refractivity contribution >= 4 is 21.8 Å². The fourth-order valence-electron chi connectivity index (χ4n) is 2.15. The predicted octanol–water partition coefficient (Wildman–Crippen LogP) is 2.16. The van der Waals surface area contributed by atoms with E-state index in [4.69, 9.17) is 4.74 Å². The highest BCUT2D eigenvalue weighted by molar-refractivity contribution is 9.10. The van der Waals surface area contributed by atoms with E-state index >= 15 is 0 Å². The number of benzene rings is 1. The molecule has 4 nitrogen and oxygen atoms in total. The molecule has 1 heterocycles. The summed E-state index contributed by atoms with van der Waals surface area (Å²) in [6.07, 6.45) is 1.90. The van der Waals surface area contributed by atoms with Crippen molar-refractivity contribution < 1.29 is 9.53 Å². The fraction of sp³-hybridized carbons (Fsp3) is 0.400. The maximum absolute atomic E-state index is 12.1. The first kappa shape index (κ1) is 15.1. The van der Waals surface area contributed by atoms with Crippen molar-refractivity contribution in [3.05, 3.63) is 41.4 Å². The Morgan fingerprint density at radius 1 is 1.30 bits per heavy atom. The smallest absolute Gasteiger partial charge is 0.260 e. The zero-order chi connectivity index (χ0) is 14.4. The van der Waals surface area contributed by atoms with Gasteiger partial charge in [-0.2, -0.15) is 0 Å². The van der Waals surface area contributed by atoms with E-state index in [0.717, 1.165) is 37.2 Å². The maximum atomic E-state index is 12.1. The molecule has 0 atom stereocenters. The minimum atomic E-state index is 0.0407. The Balaban J connectivity index is 1.79. The van der Waals surface area contributed by atoms with E-state index < -0.39 is 0 Å². The van der Waals surface area contributed by atoms with Crippen molar-refractivity contribution in [3.8, 4) is 5.75 Å².